The lowest BCUT2D eigenvalue weighted by atomic mass is 9.98. The maximum Gasteiger partial charge on any atom is 0.411 e. The molecule has 0 radical (unpaired) electrons. The summed E-state index contributed by atoms with van der Waals surface area (Å²) in [5, 5.41) is 12.0. The van der Waals surface area contributed by atoms with Crippen molar-refractivity contribution in [3.63, 3.8) is 0 Å². The van der Waals surface area contributed by atoms with Gasteiger partial charge in [0.2, 0.25) is 5.91 Å². The minimum atomic E-state index is -0.981. The Morgan fingerprint density at radius 3 is 2.20 bits per heavy atom. The summed E-state index contributed by atoms with van der Waals surface area (Å²) in [6.45, 7) is 0.227. The first-order chi connectivity index (χ1) is 17.0. The molecule has 1 heterocycles. The van der Waals surface area contributed by atoms with E-state index < -0.39 is 18.1 Å². The van der Waals surface area contributed by atoms with Crippen LogP contribution in [0.25, 0.3) is 11.1 Å². The van der Waals surface area contributed by atoms with Gasteiger partial charge in [-0.05, 0) is 39.9 Å². The van der Waals surface area contributed by atoms with E-state index in [0.717, 1.165) is 16.7 Å². The molecule has 35 heavy (non-hydrogen) atoms. The predicted molar refractivity (Wildman–Crippen MR) is 134 cm³/mol. The molecule has 0 aromatic heterocycles. The van der Waals surface area contributed by atoms with Crippen molar-refractivity contribution in [1.82, 2.24) is 4.90 Å². The number of carboxylic acids is 1. The zero-order valence-corrected chi connectivity index (χ0v) is 19.7. The van der Waals surface area contributed by atoms with Crippen molar-refractivity contribution in [2.45, 2.75) is 18.4 Å². The Morgan fingerprint density at radius 1 is 0.943 bits per heavy atom. The highest BCUT2D eigenvalue weighted by atomic mass is 32.2. The predicted octanol–water partition coefficient (Wildman–Crippen LogP) is 4.58. The number of benzene rings is 3. The Hall–Kier alpha value is -3.78. The van der Waals surface area contributed by atoms with Crippen LogP contribution in [0, 0.1) is 0 Å². The molecule has 0 bridgehead atoms. The van der Waals surface area contributed by atoms with Crippen LogP contribution in [0.5, 0.6) is 0 Å². The van der Waals surface area contributed by atoms with Gasteiger partial charge in [0.05, 0.1) is 12.3 Å². The maximum atomic E-state index is 12.5. The highest BCUT2D eigenvalue weighted by molar-refractivity contribution is 7.99. The molecule has 1 saturated heterocycles. The summed E-state index contributed by atoms with van der Waals surface area (Å²) in [4.78, 5) is 37.7. The summed E-state index contributed by atoms with van der Waals surface area (Å²) in [7, 11) is 0. The molecular formula is C27H24N2O5S. The summed E-state index contributed by atoms with van der Waals surface area (Å²) in [6.07, 6.45) is -0.440. The number of thioether (sulfide) groups is 1. The molecular weight excluding hydrogens is 464 g/mol. The number of rotatable bonds is 6. The van der Waals surface area contributed by atoms with Crippen molar-refractivity contribution in [2.24, 2.45) is 0 Å². The second-order valence-corrected chi connectivity index (χ2v) is 9.54. The normalized spacial score (nSPS) is 16.5. The SMILES string of the molecule is O=C(Nc1ccc(CC(=O)N2CSCC2C(=O)O)cc1)OCC1c2ccccc2-c2ccccc21. The first-order valence-electron chi connectivity index (χ1n) is 11.3. The van der Waals surface area contributed by atoms with Gasteiger partial charge in [0.1, 0.15) is 12.6 Å². The number of carboxylic acid groups (broad SMARTS) is 1. The molecule has 8 heteroatoms. The third-order valence-corrected chi connectivity index (χ3v) is 7.40. The molecule has 1 aliphatic carbocycles. The topological polar surface area (TPSA) is 95.9 Å². The average Bonchev–Trinajstić information content (AvgIpc) is 3.48. The minimum absolute atomic E-state index is 0.0140. The van der Waals surface area contributed by atoms with Gasteiger partial charge in [-0.3, -0.25) is 10.1 Å². The van der Waals surface area contributed by atoms with Crippen LogP contribution in [0.1, 0.15) is 22.6 Å². The summed E-state index contributed by atoms with van der Waals surface area (Å²) < 4.78 is 5.57. The fourth-order valence-electron chi connectivity index (χ4n) is 4.63. The second kappa shape index (κ2) is 9.84. The van der Waals surface area contributed by atoms with Crippen molar-refractivity contribution < 1.29 is 24.2 Å². The Bertz CT molecular complexity index is 1230. The molecule has 1 unspecified atom stereocenters. The first-order valence-corrected chi connectivity index (χ1v) is 12.5. The molecule has 1 aliphatic heterocycles. The fraction of sp³-hybridized carbons (Fsp3) is 0.222. The molecule has 7 nitrogen and oxygen atoms in total. The first kappa shape index (κ1) is 23.0. The summed E-state index contributed by atoms with van der Waals surface area (Å²) in [6, 6.07) is 22.5. The minimum Gasteiger partial charge on any atom is -0.480 e. The molecule has 1 fully saturated rings. The third kappa shape index (κ3) is 4.74. The number of anilines is 1. The molecule has 2 N–H and O–H groups in total. The van der Waals surface area contributed by atoms with Gasteiger partial charge in [-0.25, -0.2) is 9.59 Å². The van der Waals surface area contributed by atoms with Gasteiger partial charge in [-0.2, -0.15) is 0 Å². The number of nitrogens with one attached hydrogen (secondary N) is 1. The fourth-order valence-corrected chi connectivity index (χ4v) is 5.80. The van der Waals surface area contributed by atoms with Gasteiger partial charge >= 0.3 is 12.1 Å². The van der Waals surface area contributed by atoms with Gasteiger partial charge in [0.15, 0.2) is 0 Å². The second-order valence-electron chi connectivity index (χ2n) is 8.54. The Morgan fingerprint density at radius 2 is 1.57 bits per heavy atom. The average molecular weight is 489 g/mol. The van der Waals surface area contributed by atoms with Crippen LogP contribution in [0.2, 0.25) is 0 Å². The molecule has 0 saturated carbocycles. The van der Waals surface area contributed by atoms with Crippen molar-refractivity contribution in [3.8, 4) is 11.1 Å². The maximum absolute atomic E-state index is 12.5. The molecule has 0 spiro atoms. The standard InChI is InChI=1S/C27H24N2O5S/c30-25(29-16-35-15-24(29)26(31)32)13-17-9-11-18(12-10-17)28-27(33)34-14-23-21-7-3-1-5-19(21)20-6-2-4-8-22(20)23/h1-12,23-24H,13-16H2,(H,28,33)(H,31,32). The largest absolute Gasteiger partial charge is 0.480 e. The van der Waals surface area contributed by atoms with Crippen molar-refractivity contribution in [2.75, 3.05) is 23.6 Å². The van der Waals surface area contributed by atoms with E-state index in [9.17, 15) is 19.5 Å². The van der Waals surface area contributed by atoms with Gasteiger partial charge in [0.25, 0.3) is 0 Å². The number of carbonyl (C=O) groups excluding carboxylic acids is 2. The Kier molecular flexibility index (Phi) is 6.46. The zero-order chi connectivity index (χ0) is 24.4. The number of aliphatic carboxylic acids is 1. The van der Waals surface area contributed by atoms with Crippen LogP contribution in [-0.4, -0.2) is 52.3 Å². The lowest BCUT2D eigenvalue weighted by Gasteiger charge is -2.20. The quantitative estimate of drug-likeness (QED) is 0.528. The monoisotopic (exact) mass is 488 g/mol. The zero-order valence-electron chi connectivity index (χ0n) is 18.8. The number of hydrogen-bond acceptors (Lipinski definition) is 5. The van der Waals surface area contributed by atoms with Gasteiger partial charge in [-0.1, -0.05) is 60.7 Å². The molecule has 1 atom stereocenters. The molecule has 3 aromatic rings. The van der Waals surface area contributed by atoms with E-state index in [4.69, 9.17) is 4.74 Å². The van der Waals surface area contributed by atoms with E-state index in [1.807, 2.05) is 24.3 Å². The van der Waals surface area contributed by atoms with Gasteiger partial charge in [-0.15, -0.1) is 11.8 Å². The van der Waals surface area contributed by atoms with Gasteiger partial charge < -0.3 is 14.7 Å². The Balaban J connectivity index is 1.17. The molecule has 2 aliphatic rings. The molecule has 3 aromatic carbocycles. The van der Waals surface area contributed by atoms with E-state index in [1.54, 1.807) is 24.3 Å². The number of ether oxygens (including phenoxy) is 1. The van der Waals surface area contributed by atoms with Crippen LogP contribution >= 0.6 is 11.8 Å². The highest BCUT2D eigenvalue weighted by Crippen LogP contribution is 2.44. The van der Waals surface area contributed by atoms with E-state index in [1.165, 1.54) is 27.8 Å². The number of amides is 2. The van der Waals surface area contributed by atoms with E-state index in [2.05, 4.69) is 29.6 Å². The van der Waals surface area contributed by atoms with Crippen LogP contribution in [0.4, 0.5) is 10.5 Å². The molecule has 2 amide bonds. The van der Waals surface area contributed by atoms with Crippen LogP contribution in [0.3, 0.4) is 0 Å². The third-order valence-electron chi connectivity index (χ3n) is 6.39. The summed E-state index contributed by atoms with van der Waals surface area (Å²) in [5.41, 5.74) is 5.94. The van der Waals surface area contributed by atoms with Crippen molar-refractivity contribution in [1.29, 1.82) is 0 Å². The molecule has 5 rings (SSSR count). The van der Waals surface area contributed by atoms with Crippen molar-refractivity contribution >= 4 is 35.4 Å². The number of fused-ring (bicyclic) bond motifs is 3. The smallest absolute Gasteiger partial charge is 0.411 e. The number of carbonyl (C=O) groups is 3. The lowest BCUT2D eigenvalue weighted by molar-refractivity contribution is -0.147. The van der Waals surface area contributed by atoms with E-state index in [-0.39, 0.29) is 24.9 Å². The lowest BCUT2D eigenvalue weighted by Crippen LogP contribution is -2.42. The molecule has 178 valence electrons. The highest BCUT2D eigenvalue weighted by Gasteiger charge is 2.34. The van der Waals surface area contributed by atoms with Crippen LogP contribution in [0.15, 0.2) is 72.8 Å². The Labute approximate surface area is 207 Å². The van der Waals surface area contributed by atoms with Crippen molar-refractivity contribution in [3.05, 3.63) is 89.5 Å². The van der Waals surface area contributed by atoms with Crippen LogP contribution in [-0.2, 0) is 20.7 Å². The summed E-state index contributed by atoms with van der Waals surface area (Å²) in [5.74, 6) is -0.424. The van der Waals surface area contributed by atoms with Gasteiger partial charge in [0, 0.05) is 17.4 Å². The number of nitrogens with zero attached hydrogens (tertiary/aromatic N) is 1. The van der Waals surface area contributed by atoms with E-state index >= 15 is 0 Å². The number of hydrogen-bond donors (Lipinski definition) is 2. The van der Waals surface area contributed by atoms with Crippen LogP contribution < -0.4 is 5.32 Å². The van der Waals surface area contributed by atoms with E-state index in [0.29, 0.717) is 17.3 Å². The summed E-state index contributed by atoms with van der Waals surface area (Å²) >= 11 is 1.44.